The van der Waals surface area contributed by atoms with Crippen LogP contribution in [0.15, 0.2) is 52.9 Å². The predicted octanol–water partition coefficient (Wildman–Crippen LogP) is 4.28. The maximum Gasteiger partial charge on any atom is 0.228 e. The predicted molar refractivity (Wildman–Crippen MR) is 75.6 cm³/mol. The summed E-state index contributed by atoms with van der Waals surface area (Å²) in [6, 6.07) is 15.2. The van der Waals surface area contributed by atoms with Gasteiger partial charge in [-0.25, -0.2) is 0 Å². The van der Waals surface area contributed by atoms with Gasteiger partial charge in [-0.3, -0.25) is 4.79 Å². The van der Waals surface area contributed by atoms with Gasteiger partial charge in [0.2, 0.25) is 5.78 Å². The van der Waals surface area contributed by atoms with Gasteiger partial charge in [0.05, 0.1) is 0 Å². The maximum atomic E-state index is 12.5. The number of carbonyl (C=O) groups is 1. The van der Waals surface area contributed by atoms with Crippen LogP contribution < -0.4 is 0 Å². The van der Waals surface area contributed by atoms with Crippen LogP contribution in [0.25, 0.3) is 11.0 Å². The molecular weight excluding hydrogens is 236 g/mol. The molecule has 0 saturated heterocycles. The van der Waals surface area contributed by atoms with Crippen LogP contribution in [-0.4, -0.2) is 5.78 Å². The molecule has 0 fully saturated rings. The number of furan rings is 1. The molecule has 2 heteroatoms. The summed E-state index contributed by atoms with van der Waals surface area (Å²) in [5.74, 6) is 0.340. The van der Waals surface area contributed by atoms with Crippen molar-refractivity contribution in [1.82, 2.24) is 0 Å². The van der Waals surface area contributed by atoms with Crippen molar-refractivity contribution in [3.63, 3.8) is 0 Å². The Labute approximate surface area is 111 Å². The Kier molecular flexibility index (Phi) is 2.71. The van der Waals surface area contributed by atoms with E-state index in [1.807, 2.05) is 56.3 Å². The van der Waals surface area contributed by atoms with Crippen molar-refractivity contribution in [2.24, 2.45) is 0 Å². The van der Waals surface area contributed by atoms with Gasteiger partial charge in [-0.2, -0.15) is 0 Å². The Hall–Kier alpha value is -2.35. The first-order valence-electron chi connectivity index (χ1n) is 6.26. The van der Waals surface area contributed by atoms with Crippen molar-refractivity contribution in [2.75, 3.05) is 0 Å². The van der Waals surface area contributed by atoms with E-state index in [0.717, 1.165) is 22.1 Å². The molecule has 0 N–H and O–H groups in total. The highest BCUT2D eigenvalue weighted by Gasteiger charge is 2.16. The fourth-order valence-corrected chi connectivity index (χ4v) is 2.22. The van der Waals surface area contributed by atoms with Crippen LogP contribution in [-0.2, 0) is 0 Å². The van der Waals surface area contributed by atoms with Crippen LogP contribution in [0, 0.1) is 13.8 Å². The summed E-state index contributed by atoms with van der Waals surface area (Å²) in [4.78, 5) is 12.5. The van der Waals surface area contributed by atoms with Gasteiger partial charge in [-0.05, 0) is 37.1 Å². The largest absolute Gasteiger partial charge is 0.453 e. The lowest BCUT2D eigenvalue weighted by atomic mass is 9.99. The van der Waals surface area contributed by atoms with E-state index in [0.29, 0.717) is 11.3 Å². The number of aryl methyl sites for hydroxylation is 1. The zero-order valence-electron chi connectivity index (χ0n) is 10.9. The Bertz CT molecular complexity index is 733. The molecule has 0 saturated carbocycles. The van der Waals surface area contributed by atoms with Gasteiger partial charge in [0.15, 0.2) is 5.76 Å². The second kappa shape index (κ2) is 4.39. The van der Waals surface area contributed by atoms with Crippen molar-refractivity contribution in [3.05, 3.63) is 71.0 Å². The third-order valence-electron chi connectivity index (χ3n) is 3.50. The summed E-state index contributed by atoms with van der Waals surface area (Å²) in [6.07, 6.45) is 0. The second-order valence-electron chi connectivity index (χ2n) is 4.73. The average Bonchev–Trinajstić information content (AvgIpc) is 2.85. The van der Waals surface area contributed by atoms with E-state index in [2.05, 4.69) is 0 Å². The molecular formula is C17H14O2. The van der Waals surface area contributed by atoms with E-state index in [-0.39, 0.29) is 5.78 Å². The smallest absolute Gasteiger partial charge is 0.228 e. The number of ketones is 1. The molecule has 0 aliphatic heterocycles. The lowest BCUT2D eigenvalue weighted by Gasteiger charge is -2.05. The molecule has 1 heterocycles. The average molecular weight is 250 g/mol. The summed E-state index contributed by atoms with van der Waals surface area (Å²) >= 11 is 0. The van der Waals surface area contributed by atoms with Gasteiger partial charge in [-0.1, -0.05) is 36.4 Å². The first kappa shape index (κ1) is 11.7. The van der Waals surface area contributed by atoms with Crippen LogP contribution >= 0.6 is 0 Å². The molecule has 0 aliphatic carbocycles. The van der Waals surface area contributed by atoms with Gasteiger partial charge < -0.3 is 4.42 Å². The minimum Gasteiger partial charge on any atom is -0.453 e. The molecule has 3 rings (SSSR count). The Morgan fingerprint density at radius 3 is 2.58 bits per heavy atom. The minimum absolute atomic E-state index is 0.0580. The van der Waals surface area contributed by atoms with Gasteiger partial charge in [0, 0.05) is 10.9 Å². The number of fused-ring (bicyclic) bond motifs is 1. The SMILES string of the molecule is Cc1cccc(C(=O)c2cc3ccccc3o2)c1C. The number of hydrogen-bond donors (Lipinski definition) is 0. The van der Waals surface area contributed by atoms with E-state index in [4.69, 9.17) is 4.42 Å². The standard InChI is InChI=1S/C17H14O2/c1-11-6-5-8-14(12(11)2)17(18)16-10-13-7-3-4-9-15(13)19-16/h3-10H,1-2H3. The summed E-state index contributed by atoms with van der Waals surface area (Å²) < 4.78 is 5.63. The highest BCUT2D eigenvalue weighted by molar-refractivity contribution is 6.10. The second-order valence-corrected chi connectivity index (χ2v) is 4.73. The molecule has 94 valence electrons. The molecule has 0 atom stereocenters. The molecule has 19 heavy (non-hydrogen) atoms. The molecule has 1 aromatic heterocycles. The van der Waals surface area contributed by atoms with Crippen molar-refractivity contribution in [2.45, 2.75) is 13.8 Å². The highest BCUT2D eigenvalue weighted by atomic mass is 16.3. The van der Waals surface area contributed by atoms with Crippen LogP contribution in [0.3, 0.4) is 0 Å². The quantitative estimate of drug-likeness (QED) is 0.635. The van der Waals surface area contributed by atoms with Crippen molar-refractivity contribution >= 4 is 16.8 Å². The lowest BCUT2D eigenvalue weighted by molar-refractivity contribution is 0.101. The molecule has 0 aliphatic rings. The van der Waals surface area contributed by atoms with Gasteiger partial charge in [0.1, 0.15) is 5.58 Å². The summed E-state index contributed by atoms with van der Waals surface area (Å²) in [6.45, 7) is 3.97. The zero-order chi connectivity index (χ0) is 13.4. The van der Waals surface area contributed by atoms with Gasteiger partial charge in [0.25, 0.3) is 0 Å². The van der Waals surface area contributed by atoms with Gasteiger partial charge >= 0.3 is 0 Å². The van der Waals surface area contributed by atoms with E-state index < -0.39 is 0 Å². The molecule has 3 aromatic rings. The number of rotatable bonds is 2. The van der Waals surface area contributed by atoms with Crippen LogP contribution in [0.1, 0.15) is 27.2 Å². The molecule has 2 aromatic carbocycles. The first-order valence-corrected chi connectivity index (χ1v) is 6.26. The zero-order valence-corrected chi connectivity index (χ0v) is 10.9. The monoisotopic (exact) mass is 250 g/mol. The normalized spacial score (nSPS) is 10.8. The molecule has 0 spiro atoms. The van der Waals surface area contributed by atoms with E-state index >= 15 is 0 Å². The number of benzene rings is 2. The van der Waals surface area contributed by atoms with Crippen molar-refractivity contribution < 1.29 is 9.21 Å². The third-order valence-corrected chi connectivity index (χ3v) is 3.50. The Morgan fingerprint density at radius 2 is 1.79 bits per heavy atom. The lowest BCUT2D eigenvalue weighted by Crippen LogP contribution is -2.03. The third kappa shape index (κ3) is 1.95. The van der Waals surface area contributed by atoms with Crippen LogP contribution in [0.2, 0.25) is 0 Å². The molecule has 0 amide bonds. The van der Waals surface area contributed by atoms with E-state index in [9.17, 15) is 4.79 Å². The highest BCUT2D eigenvalue weighted by Crippen LogP contribution is 2.23. The first-order chi connectivity index (χ1) is 9.16. The minimum atomic E-state index is -0.0580. The Balaban J connectivity index is 2.11. The molecule has 0 unspecified atom stereocenters. The van der Waals surface area contributed by atoms with Gasteiger partial charge in [-0.15, -0.1) is 0 Å². The fourth-order valence-electron chi connectivity index (χ4n) is 2.22. The number of para-hydroxylation sites is 1. The fraction of sp³-hybridized carbons (Fsp3) is 0.118. The Morgan fingerprint density at radius 1 is 1.00 bits per heavy atom. The maximum absolute atomic E-state index is 12.5. The topological polar surface area (TPSA) is 30.2 Å². The van der Waals surface area contributed by atoms with Crippen molar-refractivity contribution in [1.29, 1.82) is 0 Å². The number of hydrogen-bond acceptors (Lipinski definition) is 2. The summed E-state index contributed by atoms with van der Waals surface area (Å²) in [7, 11) is 0. The van der Waals surface area contributed by atoms with Crippen LogP contribution in [0.5, 0.6) is 0 Å². The molecule has 2 nitrogen and oxygen atoms in total. The summed E-state index contributed by atoms with van der Waals surface area (Å²) in [5.41, 5.74) is 3.57. The molecule has 0 bridgehead atoms. The van der Waals surface area contributed by atoms with Crippen molar-refractivity contribution in [3.8, 4) is 0 Å². The number of carbonyl (C=O) groups excluding carboxylic acids is 1. The van der Waals surface area contributed by atoms with E-state index in [1.165, 1.54) is 0 Å². The van der Waals surface area contributed by atoms with E-state index in [1.54, 1.807) is 6.07 Å². The molecule has 0 radical (unpaired) electrons. The summed E-state index contributed by atoms with van der Waals surface area (Å²) in [5, 5.41) is 0.955. The van der Waals surface area contributed by atoms with Crippen LogP contribution in [0.4, 0.5) is 0 Å².